The van der Waals surface area contributed by atoms with Crippen LogP contribution >= 0.6 is 15.9 Å². The number of aliphatic hydroxyl groups excluding tert-OH is 1. The maximum atomic E-state index is 12.7. The van der Waals surface area contributed by atoms with Crippen molar-refractivity contribution in [3.8, 4) is 17.2 Å². The van der Waals surface area contributed by atoms with Gasteiger partial charge in [-0.25, -0.2) is 10.2 Å². The lowest BCUT2D eigenvalue weighted by Gasteiger charge is -2.15. The molecule has 4 rings (SSSR count). The molecule has 4 aromatic rings. The van der Waals surface area contributed by atoms with Gasteiger partial charge < -0.3 is 24.3 Å². The first-order valence-corrected chi connectivity index (χ1v) is 11.9. The molecule has 2 aromatic heterocycles. The number of aromatic hydroxyl groups is 1. The van der Waals surface area contributed by atoms with Crippen LogP contribution in [0, 0.1) is 6.92 Å². The molecule has 0 radical (unpaired) electrons. The van der Waals surface area contributed by atoms with Crippen LogP contribution in [0.1, 0.15) is 11.1 Å². The van der Waals surface area contributed by atoms with Gasteiger partial charge >= 0.3 is 5.69 Å². The summed E-state index contributed by atoms with van der Waals surface area (Å²) >= 11 is 3.26. The Kier molecular flexibility index (Phi) is 7.64. The number of aryl methyl sites for hydroxylation is 2. The second-order valence-electron chi connectivity index (χ2n) is 8.24. The highest BCUT2D eigenvalue weighted by molar-refractivity contribution is 9.10. The molecule has 4 N–H and O–H groups in total. The third-order valence-electron chi connectivity index (χ3n) is 5.48. The van der Waals surface area contributed by atoms with E-state index in [1.54, 1.807) is 18.2 Å². The van der Waals surface area contributed by atoms with Gasteiger partial charge in [0.15, 0.2) is 22.7 Å². The van der Waals surface area contributed by atoms with Crippen LogP contribution in [0.2, 0.25) is 0 Å². The lowest BCUT2D eigenvalue weighted by Crippen LogP contribution is -2.30. The van der Waals surface area contributed by atoms with E-state index >= 15 is 0 Å². The van der Waals surface area contributed by atoms with Gasteiger partial charge in [0.2, 0.25) is 5.95 Å². The van der Waals surface area contributed by atoms with Crippen molar-refractivity contribution in [3.63, 3.8) is 0 Å². The van der Waals surface area contributed by atoms with E-state index in [0.717, 1.165) is 5.56 Å². The third kappa shape index (κ3) is 5.67. The largest absolute Gasteiger partial charge is 0.503 e. The highest BCUT2D eigenvalue weighted by Gasteiger charge is 2.20. The van der Waals surface area contributed by atoms with Crippen LogP contribution in [0.3, 0.4) is 0 Å². The Labute approximate surface area is 218 Å². The molecule has 12 nitrogen and oxygen atoms in total. The molecular weight excluding hydrogens is 548 g/mol. The Morgan fingerprint density at radius 2 is 2.08 bits per heavy atom. The zero-order chi connectivity index (χ0) is 26.7. The maximum Gasteiger partial charge on any atom is 0.329 e. The van der Waals surface area contributed by atoms with Gasteiger partial charge in [-0.1, -0.05) is 12.1 Å². The van der Waals surface area contributed by atoms with Crippen LogP contribution in [0.4, 0.5) is 5.95 Å². The number of hydrogen-bond donors (Lipinski definition) is 4. The molecule has 0 fully saturated rings. The van der Waals surface area contributed by atoms with Gasteiger partial charge in [0.1, 0.15) is 18.5 Å². The van der Waals surface area contributed by atoms with Crippen LogP contribution in [-0.2, 0) is 13.6 Å². The summed E-state index contributed by atoms with van der Waals surface area (Å²) in [4.78, 5) is 31.4. The molecule has 2 aromatic carbocycles. The van der Waals surface area contributed by atoms with Crippen molar-refractivity contribution in [3.05, 3.63) is 72.8 Å². The number of nitrogens with zero attached hydrogens (tertiary/aromatic N) is 4. The third-order valence-corrected chi connectivity index (χ3v) is 6.09. The molecule has 0 aliphatic rings. The molecule has 13 heteroatoms. The number of fused-ring (bicyclic) bond motifs is 1. The van der Waals surface area contributed by atoms with Crippen molar-refractivity contribution < 1.29 is 19.7 Å². The van der Waals surface area contributed by atoms with Crippen LogP contribution in [0.15, 0.2) is 55.6 Å². The minimum Gasteiger partial charge on any atom is -0.503 e. The molecule has 1 unspecified atom stereocenters. The normalized spacial score (nSPS) is 12.2. The summed E-state index contributed by atoms with van der Waals surface area (Å²) in [6.07, 6.45) is 0.438. The van der Waals surface area contributed by atoms with Gasteiger partial charge in [-0.2, -0.15) is 10.1 Å². The summed E-state index contributed by atoms with van der Waals surface area (Å²) in [5.41, 5.74) is 3.30. The lowest BCUT2D eigenvalue weighted by atomic mass is 10.2. The van der Waals surface area contributed by atoms with E-state index in [0.29, 0.717) is 15.8 Å². The van der Waals surface area contributed by atoms with Gasteiger partial charge in [0.05, 0.1) is 24.3 Å². The first-order chi connectivity index (χ1) is 17.7. The number of aromatic amines is 1. The molecule has 0 amide bonds. The summed E-state index contributed by atoms with van der Waals surface area (Å²) in [5.74, 6) is 0.934. The lowest BCUT2D eigenvalue weighted by molar-refractivity contribution is 0.0938. The molecule has 0 bridgehead atoms. The predicted octanol–water partition coefficient (Wildman–Crippen LogP) is 2.09. The minimum atomic E-state index is -1.02. The number of nitrogens with one attached hydrogen (secondary N) is 2. The van der Waals surface area contributed by atoms with Crippen molar-refractivity contribution in [1.29, 1.82) is 0 Å². The number of methoxy groups -OCH3 is 1. The van der Waals surface area contributed by atoms with Crippen molar-refractivity contribution in [2.75, 3.05) is 19.1 Å². The summed E-state index contributed by atoms with van der Waals surface area (Å²) < 4.78 is 13.9. The molecule has 37 heavy (non-hydrogen) atoms. The number of hydrogen-bond acceptors (Lipinski definition) is 9. The second kappa shape index (κ2) is 10.9. The average molecular weight is 573 g/mol. The number of phenols is 1. The van der Waals surface area contributed by atoms with E-state index in [9.17, 15) is 19.8 Å². The molecule has 0 aliphatic heterocycles. The van der Waals surface area contributed by atoms with Crippen molar-refractivity contribution in [2.24, 2.45) is 12.1 Å². The highest BCUT2D eigenvalue weighted by Crippen LogP contribution is 2.34. The van der Waals surface area contributed by atoms with E-state index < -0.39 is 17.4 Å². The number of rotatable bonds is 9. The first-order valence-electron chi connectivity index (χ1n) is 11.1. The molecule has 2 heterocycles. The number of imidazole rings is 1. The first kappa shape index (κ1) is 26.0. The second-order valence-corrected chi connectivity index (χ2v) is 9.10. The number of halogens is 1. The van der Waals surface area contributed by atoms with E-state index in [4.69, 9.17) is 9.47 Å². The quantitative estimate of drug-likeness (QED) is 0.175. The van der Waals surface area contributed by atoms with E-state index in [-0.39, 0.29) is 41.8 Å². The van der Waals surface area contributed by atoms with Gasteiger partial charge in [-0.15, -0.1) is 0 Å². The van der Waals surface area contributed by atoms with Gasteiger partial charge in [0.25, 0.3) is 5.56 Å². The Bertz CT molecular complexity index is 1590. The fourth-order valence-corrected chi connectivity index (χ4v) is 4.11. The predicted molar refractivity (Wildman–Crippen MR) is 142 cm³/mol. The van der Waals surface area contributed by atoms with Crippen LogP contribution < -0.4 is 26.1 Å². The van der Waals surface area contributed by atoms with E-state index in [1.807, 2.05) is 25.1 Å². The number of hydrazone groups is 1. The van der Waals surface area contributed by atoms with E-state index in [2.05, 4.69) is 36.4 Å². The monoisotopic (exact) mass is 572 g/mol. The van der Waals surface area contributed by atoms with Crippen LogP contribution in [-0.4, -0.2) is 55.4 Å². The van der Waals surface area contributed by atoms with Gasteiger partial charge in [-0.05, 0) is 58.2 Å². The zero-order valence-corrected chi connectivity index (χ0v) is 21.8. The Hall–Kier alpha value is -4.10. The SMILES string of the molecule is COc1cc(/C=N/Nc2nc3c(c(=O)[nH]c(=O)n3C)n2CC(O)COc2cccc(C)c2)cc(Br)c1O. The standard InChI is InChI=1S/C24H25BrN6O6/c1-13-5-4-6-16(7-13)37-12-15(32)11-31-19-21(30(2)24(35)28-22(19)34)27-23(31)29-26-10-14-8-17(25)20(33)18(9-14)36-3/h4-10,15,32-33H,11-12H2,1-3H3,(H,27,29)(H,28,34,35)/b26-10+. The summed E-state index contributed by atoms with van der Waals surface area (Å²) in [7, 11) is 2.90. The molecule has 0 spiro atoms. The number of aliphatic hydroxyl groups is 1. The number of anilines is 1. The fraction of sp³-hybridized carbons (Fsp3) is 0.250. The number of ether oxygens (including phenoxy) is 2. The Morgan fingerprint density at radius 1 is 1.30 bits per heavy atom. The topological polar surface area (TPSA) is 156 Å². The molecule has 0 saturated heterocycles. The minimum absolute atomic E-state index is 0.0448. The molecule has 194 valence electrons. The Balaban J connectivity index is 1.63. The maximum absolute atomic E-state index is 12.7. The number of benzene rings is 2. The van der Waals surface area contributed by atoms with Crippen molar-refractivity contribution in [2.45, 2.75) is 19.6 Å². The fourth-order valence-electron chi connectivity index (χ4n) is 3.65. The smallest absolute Gasteiger partial charge is 0.329 e. The molecular formula is C24H25BrN6O6. The molecule has 1 atom stereocenters. The summed E-state index contributed by atoms with van der Waals surface area (Å²) in [5, 5.41) is 24.9. The number of phenolic OH excluding ortho intramolecular Hbond substituents is 1. The van der Waals surface area contributed by atoms with Crippen molar-refractivity contribution in [1.82, 2.24) is 19.1 Å². The number of aromatic nitrogens is 4. The van der Waals surface area contributed by atoms with Crippen molar-refractivity contribution >= 4 is 39.3 Å². The molecule has 0 saturated carbocycles. The van der Waals surface area contributed by atoms with Gasteiger partial charge in [0, 0.05) is 7.05 Å². The average Bonchev–Trinajstić information content (AvgIpc) is 3.22. The number of H-pyrrole nitrogens is 1. The van der Waals surface area contributed by atoms with Gasteiger partial charge in [-0.3, -0.25) is 14.3 Å². The van der Waals surface area contributed by atoms with Crippen LogP contribution in [0.25, 0.3) is 11.2 Å². The zero-order valence-electron chi connectivity index (χ0n) is 20.2. The summed E-state index contributed by atoms with van der Waals surface area (Å²) in [6.45, 7) is 1.82. The Morgan fingerprint density at radius 3 is 2.81 bits per heavy atom. The molecule has 0 aliphatic carbocycles. The highest BCUT2D eigenvalue weighted by atomic mass is 79.9. The van der Waals surface area contributed by atoms with E-state index in [1.165, 1.54) is 29.5 Å². The summed E-state index contributed by atoms with van der Waals surface area (Å²) in [6, 6.07) is 10.6. The van der Waals surface area contributed by atoms with Crippen LogP contribution in [0.5, 0.6) is 17.2 Å².